The number of hydrogen-bond acceptors (Lipinski definition) is 5. The zero-order valence-corrected chi connectivity index (χ0v) is 14.9. The van der Waals surface area contributed by atoms with Crippen molar-refractivity contribution in [3.63, 3.8) is 0 Å². The molecule has 1 aromatic rings. The molecule has 0 amide bonds. The van der Waals surface area contributed by atoms with Crippen LogP contribution in [0, 0.1) is 11.3 Å². The highest BCUT2D eigenvalue weighted by Crippen LogP contribution is 2.38. The zero-order chi connectivity index (χ0) is 17.6. The van der Waals surface area contributed by atoms with Crippen LogP contribution >= 0.6 is 23.2 Å². The predicted octanol–water partition coefficient (Wildman–Crippen LogP) is 3.86. The lowest BCUT2D eigenvalue weighted by Crippen LogP contribution is -2.31. The Morgan fingerprint density at radius 3 is 2.67 bits per heavy atom. The number of nitrogens with zero attached hydrogens (tertiary/aromatic N) is 1. The molecule has 0 N–H and O–H groups in total. The van der Waals surface area contributed by atoms with Crippen LogP contribution in [0.2, 0.25) is 10.0 Å². The van der Waals surface area contributed by atoms with Gasteiger partial charge in [0.25, 0.3) is 0 Å². The Labute approximate surface area is 151 Å². The van der Waals surface area contributed by atoms with E-state index in [9.17, 15) is 10.1 Å². The minimum Gasteiger partial charge on any atom is -0.466 e. The molecule has 0 aliphatic carbocycles. The Hall–Kier alpha value is -1.32. The minimum atomic E-state index is -0.976. The molecule has 7 heteroatoms. The van der Waals surface area contributed by atoms with Gasteiger partial charge in [0.2, 0.25) is 0 Å². The van der Waals surface area contributed by atoms with Gasteiger partial charge in [-0.3, -0.25) is 4.79 Å². The Morgan fingerprint density at radius 1 is 1.38 bits per heavy atom. The highest BCUT2D eigenvalue weighted by Gasteiger charge is 2.38. The van der Waals surface area contributed by atoms with Crippen molar-refractivity contribution in [1.82, 2.24) is 0 Å². The summed E-state index contributed by atoms with van der Waals surface area (Å²) in [5, 5.41) is 10.7. The number of halogens is 2. The first-order valence-corrected chi connectivity index (χ1v) is 8.52. The highest BCUT2D eigenvalue weighted by atomic mass is 35.5. The fourth-order valence-electron chi connectivity index (χ4n) is 2.68. The molecule has 1 fully saturated rings. The number of hydrogen-bond donors (Lipinski definition) is 0. The fourth-order valence-corrected chi connectivity index (χ4v) is 2.98. The Kier molecular flexibility index (Phi) is 6.88. The third kappa shape index (κ3) is 4.61. The minimum absolute atomic E-state index is 0.119. The Balaban J connectivity index is 2.28. The number of rotatable bonds is 7. The van der Waals surface area contributed by atoms with E-state index in [1.807, 2.05) is 0 Å². The molecule has 0 bridgehead atoms. The van der Waals surface area contributed by atoms with Crippen LogP contribution in [0.5, 0.6) is 0 Å². The van der Waals surface area contributed by atoms with E-state index >= 15 is 0 Å². The summed E-state index contributed by atoms with van der Waals surface area (Å²) in [6.45, 7) is 3.03. The Morgan fingerprint density at radius 2 is 2.08 bits per heavy atom. The smallest absolute Gasteiger partial charge is 0.305 e. The molecule has 2 rings (SSSR count). The van der Waals surface area contributed by atoms with Crippen LogP contribution in [0.1, 0.15) is 31.7 Å². The molecule has 1 unspecified atom stereocenters. The standard InChI is InChI=1S/C17H19Cl2NO4/c1-2-22-15(21)5-6-17(11-20,10-16-23-7-8-24-16)12-3-4-13(18)14(19)9-12/h3-4,9,16H,2,5-8,10H2,1H3. The second kappa shape index (κ2) is 8.68. The maximum absolute atomic E-state index is 11.8. The van der Waals surface area contributed by atoms with Crippen LogP contribution < -0.4 is 0 Å². The van der Waals surface area contributed by atoms with Gasteiger partial charge in [0, 0.05) is 12.8 Å². The first-order valence-electron chi connectivity index (χ1n) is 7.76. The molecule has 1 saturated heterocycles. The van der Waals surface area contributed by atoms with Crippen LogP contribution in [0.3, 0.4) is 0 Å². The maximum atomic E-state index is 11.8. The number of ether oxygens (including phenoxy) is 3. The number of benzene rings is 1. The summed E-state index contributed by atoms with van der Waals surface area (Å²) < 4.78 is 16.0. The Bertz CT molecular complexity index is 626. The van der Waals surface area contributed by atoms with E-state index in [0.29, 0.717) is 41.9 Å². The van der Waals surface area contributed by atoms with Gasteiger partial charge < -0.3 is 14.2 Å². The van der Waals surface area contributed by atoms with Gasteiger partial charge in [-0.15, -0.1) is 0 Å². The second-order valence-corrected chi connectivity index (χ2v) is 6.32. The van der Waals surface area contributed by atoms with E-state index in [1.165, 1.54) is 0 Å². The van der Waals surface area contributed by atoms with Gasteiger partial charge in [-0.1, -0.05) is 29.3 Å². The topological polar surface area (TPSA) is 68.6 Å². The molecule has 0 saturated carbocycles. The number of nitriles is 1. The van der Waals surface area contributed by atoms with Gasteiger partial charge >= 0.3 is 5.97 Å². The molecule has 0 aromatic heterocycles. The molecule has 1 aromatic carbocycles. The number of esters is 1. The summed E-state index contributed by atoms with van der Waals surface area (Å²) in [5.74, 6) is -0.342. The highest BCUT2D eigenvalue weighted by molar-refractivity contribution is 6.42. The molecule has 0 spiro atoms. The van der Waals surface area contributed by atoms with Crippen molar-refractivity contribution in [2.75, 3.05) is 19.8 Å². The lowest BCUT2D eigenvalue weighted by Gasteiger charge is -2.29. The van der Waals surface area contributed by atoms with Crippen molar-refractivity contribution in [3.05, 3.63) is 33.8 Å². The second-order valence-electron chi connectivity index (χ2n) is 5.50. The van der Waals surface area contributed by atoms with Crippen LogP contribution in [0.4, 0.5) is 0 Å². The van der Waals surface area contributed by atoms with E-state index in [4.69, 9.17) is 37.4 Å². The number of carbonyl (C=O) groups is 1. The predicted molar refractivity (Wildman–Crippen MR) is 89.9 cm³/mol. The van der Waals surface area contributed by atoms with E-state index in [0.717, 1.165) is 0 Å². The summed E-state index contributed by atoms with van der Waals surface area (Å²) in [6.07, 6.45) is 0.222. The molecule has 24 heavy (non-hydrogen) atoms. The van der Waals surface area contributed by atoms with E-state index in [1.54, 1.807) is 25.1 Å². The van der Waals surface area contributed by atoms with Gasteiger partial charge in [0.1, 0.15) is 0 Å². The number of carbonyl (C=O) groups excluding carboxylic acids is 1. The first kappa shape index (κ1) is 19.0. The van der Waals surface area contributed by atoms with Crippen molar-refractivity contribution in [2.24, 2.45) is 0 Å². The summed E-state index contributed by atoms with van der Waals surface area (Å²) >= 11 is 12.1. The summed E-state index contributed by atoms with van der Waals surface area (Å²) in [4.78, 5) is 11.8. The molecule has 1 atom stereocenters. The van der Waals surface area contributed by atoms with Crippen molar-refractivity contribution < 1.29 is 19.0 Å². The van der Waals surface area contributed by atoms with Crippen LogP contribution in [-0.2, 0) is 24.4 Å². The molecular weight excluding hydrogens is 353 g/mol. The van der Waals surface area contributed by atoms with Crippen LogP contribution in [0.15, 0.2) is 18.2 Å². The van der Waals surface area contributed by atoms with Crippen molar-refractivity contribution in [2.45, 2.75) is 37.9 Å². The third-order valence-corrected chi connectivity index (χ3v) is 4.69. The van der Waals surface area contributed by atoms with Crippen molar-refractivity contribution in [1.29, 1.82) is 5.26 Å². The molecule has 130 valence electrons. The van der Waals surface area contributed by atoms with Crippen LogP contribution in [-0.4, -0.2) is 32.1 Å². The van der Waals surface area contributed by atoms with Gasteiger partial charge in [-0.25, -0.2) is 0 Å². The molecule has 0 radical (unpaired) electrons. The largest absolute Gasteiger partial charge is 0.466 e. The average molecular weight is 372 g/mol. The maximum Gasteiger partial charge on any atom is 0.305 e. The molecule has 1 aliphatic rings. The lowest BCUT2D eigenvalue weighted by molar-refractivity contribution is -0.143. The molecule has 1 heterocycles. The SMILES string of the molecule is CCOC(=O)CCC(C#N)(CC1OCCO1)c1ccc(Cl)c(Cl)c1. The monoisotopic (exact) mass is 371 g/mol. The normalized spacial score (nSPS) is 17.2. The van der Waals surface area contributed by atoms with Gasteiger partial charge in [-0.05, 0) is 31.0 Å². The van der Waals surface area contributed by atoms with E-state index in [2.05, 4.69) is 6.07 Å². The van der Waals surface area contributed by atoms with Crippen LogP contribution in [0.25, 0.3) is 0 Å². The fraction of sp³-hybridized carbons (Fsp3) is 0.529. The molecule has 5 nitrogen and oxygen atoms in total. The average Bonchev–Trinajstić information content (AvgIpc) is 3.07. The van der Waals surface area contributed by atoms with Gasteiger partial charge in [0.15, 0.2) is 6.29 Å². The molecular formula is C17H19Cl2NO4. The zero-order valence-electron chi connectivity index (χ0n) is 13.4. The van der Waals surface area contributed by atoms with Gasteiger partial charge in [-0.2, -0.15) is 5.26 Å². The van der Waals surface area contributed by atoms with E-state index in [-0.39, 0.29) is 18.8 Å². The van der Waals surface area contributed by atoms with E-state index < -0.39 is 11.7 Å². The quantitative estimate of drug-likeness (QED) is 0.680. The first-order chi connectivity index (χ1) is 11.5. The summed E-state index contributed by atoms with van der Waals surface area (Å²) in [6, 6.07) is 7.39. The third-order valence-electron chi connectivity index (χ3n) is 3.95. The summed E-state index contributed by atoms with van der Waals surface area (Å²) in [5.41, 5.74) is -0.293. The lowest BCUT2D eigenvalue weighted by atomic mass is 9.75. The summed E-state index contributed by atoms with van der Waals surface area (Å²) in [7, 11) is 0. The van der Waals surface area contributed by atoms with Gasteiger partial charge in [0.05, 0.1) is 41.4 Å². The molecule has 1 aliphatic heterocycles. The van der Waals surface area contributed by atoms with Crippen molar-refractivity contribution >= 4 is 29.2 Å². The van der Waals surface area contributed by atoms with Crippen molar-refractivity contribution in [3.8, 4) is 6.07 Å².